The zero-order valence-electron chi connectivity index (χ0n) is 9.16. The lowest BCUT2D eigenvalue weighted by Crippen LogP contribution is -2.27. The monoisotopic (exact) mass is 268 g/mol. The van der Waals surface area contributed by atoms with E-state index in [0.29, 0.717) is 22.6 Å². The normalized spacial score (nSPS) is 46.2. The molecule has 17 heavy (non-hydrogen) atoms. The molecule has 90 valence electrons. The maximum atomic E-state index is 12.6. The fourth-order valence-corrected chi connectivity index (χ4v) is 7.28. The van der Waals surface area contributed by atoms with Crippen molar-refractivity contribution in [2.24, 2.45) is 23.7 Å². The van der Waals surface area contributed by atoms with Crippen molar-refractivity contribution in [1.82, 2.24) is 0 Å². The summed E-state index contributed by atoms with van der Waals surface area (Å²) in [7, 11) is -3.17. The molecule has 4 aliphatic carbocycles. The molecule has 4 bridgehead atoms. The van der Waals surface area contributed by atoms with Crippen LogP contribution in [0.1, 0.15) is 6.42 Å². The first kappa shape index (κ1) is 10.4. The van der Waals surface area contributed by atoms with Crippen molar-refractivity contribution in [2.75, 3.05) is 0 Å². The highest BCUT2D eigenvalue weighted by atomic mass is 35.5. The van der Waals surface area contributed by atoms with Crippen LogP contribution in [-0.4, -0.2) is 19.0 Å². The van der Waals surface area contributed by atoms with E-state index in [1.807, 2.05) is 6.07 Å². The molecule has 4 heteroatoms. The zero-order chi connectivity index (χ0) is 11.8. The van der Waals surface area contributed by atoms with E-state index in [1.54, 1.807) is 24.3 Å². The molecule has 6 atom stereocenters. The molecule has 0 saturated heterocycles. The second-order valence-electron chi connectivity index (χ2n) is 5.49. The van der Waals surface area contributed by atoms with Gasteiger partial charge >= 0.3 is 0 Å². The van der Waals surface area contributed by atoms with E-state index < -0.39 is 9.84 Å². The average molecular weight is 269 g/mol. The molecule has 1 aromatic rings. The van der Waals surface area contributed by atoms with Crippen LogP contribution in [0.4, 0.5) is 0 Å². The summed E-state index contributed by atoms with van der Waals surface area (Å²) in [6, 6.07) is 8.82. The Morgan fingerprint density at radius 2 is 1.76 bits per heavy atom. The van der Waals surface area contributed by atoms with E-state index >= 15 is 0 Å². The largest absolute Gasteiger partial charge is 0.223 e. The Morgan fingerprint density at radius 1 is 1.06 bits per heavy atom. The van der Waals surface area contributed by atoms with Crippen molar-refractivity contribution >= 4 is 21.4 Å². The van der Waals surface area contributed by atoms with Crippen LogP contribution in [-0.2, 0) is 9.84 Å². The van der Waals surface area contributed by atoms with E-state index in [4.69, 9.17) is 11.6 Å². The summed E-state index contributed by atoms with van der Waals surface area (Å²) in [5.41, 5.74) is 0. The molecule has 0 unspecified atom stereocenters. The Labute approximate surface area is 106 Å². The van der Waals surface area contributed by atoms with Gasteiger partial charge in [0, 0.05) is 5.38 Å². The van der Waals surface area contributed by atoms with Crippen LogP contribution >= 0.6 is 11.6 Å². The van der Waals surface area contributed by atoms with E-state index in [0.717, 1.165) is 6.42 Å². The molecule has 4 aliphatic rings. The van der Waals surface area contributed by atoms with E-state index in [2.05, 4.69) is 0 Å². The van der Waals surface area contributed by atoms with E-state index in [-0.39, 0.29) is 16.5 Å². The van der Waals surface area contributed by atoms with Gasteiger partial charge in [-0.3, -0.25) is 0 Å². The molecule has 5 rings (SSSR count). The molecule has 0 heterocycles. The SMILES string of the molecule is O=S(=O)(c1ccccc1)[C@@H]1[C@H]2C[C@H]3[C@@H]([C@@H]2Cl)[C@@H]31. The van der Waals surface area contributed by atoms with Gasteiger partial charge in [0.05, 0.1) is 10.1 Å². The second-order valence-corrected chi connectivity index (χ2v) is 8.09. The number of rotatable bonds is 2. The van der Waals surface area contributed by atoms with Crippen molar-refractivity contribution in [2.45, 2.75) is 21.9 Å². The average Bonchev–Trinajstić information content (AvgIpc) is 2.64. The minimum absolute atomic E-state index is 0.105. The van der Waals surface area contributed by atoms with Crippen LogP contribution in [0, 0.1) is 23.7 Å². The van der Waals surface area contributed by atoms with Crippen LogP contribution in [0.5, 0.6) is 0 Å². The topological polar surface area (TPSA) is 34.1 Å². The minimum Gasteiger partial charge on any atom is -0.223 e. The molecule has 4 fully saturated rings. The van der Waals surface area contributed by atoms with Gasteiger partial charge in [-0.2, -0.15) is 0 Å². The summed E-state index contributed by atoms with van der Waals surface area (Å²) >= 11 is 6.32. The second kappa shape index (κ2) is 3.07. The predicted molar refractivity (Wildman–Crippen MR) is 65.6 cm³/mol. The Morgan fingerprint density at radius 3 is 2.24 bits per heavy atom. The quantitative estimate of drug-likeness (QED) is 0.772. The summed E-state index contributed by atoms with van der Waals surface area (Å²) in [5, 5.41) is -0.101. The molecule has 1 aromatic carbocycles. The first-order chi connectivity index (χ1) is 8.12. The smallest absolute Gasteiger partial charge is 0.181 e. The molecular weight excluding hydrogens is 256 g/mol. The van der Waals surface area contributed by atoms with Crippen molar-refractivity contribution in [3.05, 3.63) is 30.3 Å². The highest BCUT2D eigenvalue weighted by Gasteiger charge is 2.76. The summed E-state index contributed by atoms with van der Waals surface area (Å²) in [5.74, 6) is 1.64. The lowest BCUT2D eigenvalue weighted by molar-refractivity contribution is 0.544. The van der Waals surface area contributed by atoms with Gasteiger partial charge < -0.3 is 0 Å². The molecule has 0 radical (unpaired) electrons. The van der Waals surface area contributed by atoms with Gasteiger partial charge in [0.15, 0.2) is 9.84 Å². The van der Waals surface area contributed by atoms with Crippen molar-refractivity contribution in [1.29, 1.82) is 0 Å². The molecule has 0 aliphatic heterocycles. The maximum Gasteiger partial charge on any atom is 0.181 e. The lowest BCUT2D eigenvalue weighted by Gasteiger charge is -2.17. The van der Waals surface area contributed by atoms with E-state index in [1.165, 1.54) is 0 Å². The summed E-state index contributed by atoms with van der Waals surface area (Å²) in [6.07, 6.45) is 1.03. The number of hydrogen-bond donors (Lipinski definition) is 0. The van der Waals surface area contributed by atoms with Gasteiger partial charge in [-0.1, -0.05) is 18.2 Å². The fourth-order valence-electron chi connectivity index (χ4n) is 4.19. The van der Waals surface area contributed by atoms with Gasteiger partial charge in [0.1, 0.15) is 0 Å². The van der Waals surface area contributed by atoms with Crippen LogP contribution in [0.2, 0.25) is 0 Å². The maximum absolute atomic E-state index is 12.6. The Bertz CT molecular complexity index is 568. The molecule has 0 amide bonds. The Balaban J connectivity index is 1.78. The van der Waals surface area contributed by atoms with Gasteiger partial charge in [-0.05, 0) is 42.2 Å². The highest BCUT2D eigenvalue weighted by Crippen LogP contribution is 2.73. The van der Waals surface area contributed by atoms with Crippen molar-refractivity contribution < 1.29 is 8.42 Å². The standard InChI is InChI=1S/C13H13ClO2S/c14-12-9-6-8-10(12)11(8)13(9)17(15,16)7-4-2-1-3-5-7/h1-5,8-13H,6H2/t8-,9-,10+,11+,12+,13+/m0/s1. The number of halogens is 1. The van der Waals surface area contributed by atoms with Crippen LogP contribution in [0.25, 0.3) is 0 Å². The van der Waals surface area contributed by atoms with Gasteiger partial charge in [-0.15, -0.1) is 11.6 Å². The van der Waals surface area contributed by atoms with E-state index in [9.17, 15) is 8.42 Å². The number of benzene rings is 1. The molecule has 4 saturated carbocycles. The van der Waals surface area contributed by atoms with Crippen LogP contribution in [0.15, 0.2) is 35.2 Å². The predicted octanol–water partition coefficient (Wildman–Crippen LogP) is 2.33. The number of sulfone groups is 1. The van der Waals surface area contributed by atoms with Crippen molar-refractivity contribution in [3.63, 3.8) is 0 Å². The highest BCUT2D eigenvalue weighted by molar-refractivity contribution is 7.92. The van der Waals surface area contributed by atoms with Gasteiger partial charge in [0.2, 0.25) is 0 Å². The zero-order valence-corrected chi connectivity index (χ0v) is 10.7. The third-order valence-corrected chi connectivity index (χ3v) is 7.77. The number of alkyl halides is 1. The van der Waals surface area contributed by atoms with Crippen molar-refractivity contribution in [3.8, 4) is 0 Å². The Hall–Kier alpha value is -0.540. The van der Waals surface area contributed by atoms with Gasteiger partial charge in [0.25, 0.3) is 0 Å². The number of hydrogen-bond acceptors (Lipinski definition) is 2. The molecule has 0 aromatic heterocycles. The van der Waals surface area contributed by atoms with Crippen LogP contribution in [0.3, 0.4) is 0 Å². The summed E-state index contributed by atoms with van der Waals surface area (Å²) < 4.78 is 25.2. The minimum atomic E-state index is -3.17. The first-order valence-electron chi connectivity index (χ1n) is 6.05. The summed E-state index contributed by atoms with van der Waals surface area (Å²) in [6.45, 7) is 0. The Kier molecular flexibility index (Phi) is 1.87. The molecule has 0 spiro atoms. The van der Waals surface area contributed by atoms with Crippen LogP contribution < -0.4 is 0 Å². The summed E-state index contributed by atoms with van der Waals surface area (Å²) in [4.78, 5) is 0.465. The molecule has 0 N–H and O–H groups in total. The first-order valence-corrected chi connectivity index (χ1v) is 8.03. The third-order valence-electron chi connectivity index (χ3n) is 4.84. The van der Waals surface area contributed by atoms with Gasteiger partial charge in [-0.25, -0.2) is 8.42 Å². The third kappa shape index (κ3) is 1.14. The fraction of sp³-hybridized carbons (Fsp3) is 0.538. The lowest BCUT2D eigenvalue weighted by atomic mass is 10.1. The molecule has 2 nitrogen and oxygen atoms in total. The molecular formula is C13H13ClO2S.